The van der Waals surface area contributed by atoms with E-state index in [0.717, 1.165) is 21.7 Å². The molecule has 2 aromatic heterocycles. The van der Waals surface area contributed by atoms with E-state index in [1.165, 1.54) is 11.3 Å². The second-order valence-electron chi connectivity index (χ2n) is 2.44. The van der Waals surface area contributed by atoms with Crippen molar-refractivity contribution in [2.45, 2.75) is 13.8 Å². The maximum absolute atomic E-state index is 4.27. The number of aryl methyl sites for hydroxylation is 2. The summed E-state index contributed by atoms with van der Waals surface area (Å²) in [7, 11) is 0. The Morgan fingerprint density at radius 2 is 2.18 bits per heavy atom. The van der Waals surface area contributed by atoms with Gasteiger partial charge in [0.2, 0.25) is 0 Å². The molecule has 0 aliphatic carbocycles. The normalized spacial score (nSPS) is 10.7. The van der Waals surface area contributed by atoms with Gasteiger partial charge in [-0.25, -0.2) is 9.97 Å². The van der Waals surface area contributed by atoms with Crippen LogP contribution in [0.4, 0.5) is 0 Å². The van der Waals surface area contributed by atoms with Crippen molar-refractivity contribution in [1.29, 1.82) is 0 Å². The van der Waals surface area contributed by atoms with Crippen molar-refractivity contribution >= 4 is 21.6 Å². The van der Waals surface area contributed by atoms with Gasteiger partial charge in [0.25, 0.3) is 0 Å². The number of aromatic nitrogens is 2. The third kappa shape index (κ3) is 1.01. The van der Waals surface area contributed by atoms with E-state index in [1.54, 1.807) is 0 Å². The average Bonchev–Trinajstić information content (AvgIpc) is 2.34. The van der Waals surface area contributed by atoms with E-state index in [1.807, 2.05) is 19.9 Å². The maximum atomic E-state index is 4.27. The highest BCUT2D eigenvalue weighted by molar-refractivity contribution is 7.16. The molecular weight excluding hydrogens is 156 g/mol. The van der Waals surface area contributed by atoms with Crippen LogP contribution in [-0.2, 0) is 0 Å². The molecule has 3 heteroatoms. The Balaban J connectivity index is 2.91. The molecule has 0 N–H and O–H groups in total. The van der Waals surface area contributed by atoms with Crippen LogP contribution >= 0.6 is 11.3 Å². The van der Waals surface area contributed by atoms with Crippen LogP contribution in [0.15, 0.2) is 6.07 Å². The fourth-order valence-corrected chi connectivity index (χ4v) is 1.86. The molecule has 0 aliphatic rings. The van der Waals surface area contributed by atoms with E-state index in [4.69, 9.17) is 0 Å². The van der Waals surface area contributed by atoms with Crippen LogP contribution in [0.5, 0.6) is 0 Å². The van der Waals surface area contributed by atoms with Crippen LogP contribution in [-0.4, -0.2) is 9.97 Å². The molecule has 0 aliphatic heterocycles. The lowest BCUT2D eigenvalue weighted by molar-refractivity contribution is 1.06. The fourth-order valence-electron chi connectivity index (χ4n) is 1.08. The summed E-state index contributed by atoms with van der Waals surface area (Å²) in [5.41, 5.74) is 1.05. The molecule has 11 heavy (non-hydrogen) atoms. The number of fused-ring (bicyclic) bond motifs is 1. The van der Waals surface area contributed by atoms with Crippen LogP contribution < -0.4 is 0 Å². The van der Waals surface area contributed by atoms with Crippen molar-refractivity contribution in [2.24, 2.45) is 0 Å². The van der Waals surface area contributed by atoms with E-state index in [9.17, 15) is 0 Å². The highest BCUT2D eigenvalue weighted by Gasteiger charge is 2.01. The number of hydrogen-bond acceptors (Lipinski definition) is 3. The molecule has 2 aromatic rings. The van der Waals surface area contributed by atoms with E-state index in [0.29, 0.717) is 0 Å². The van der Waals surface area contributed by atoms with E-state index >= 15 is 0 Å². The quantitative estimate of drug-likeness (QED) is 0.594. The minimum atomic E-state index is 0.839. The van der Waals surface area contributed by atoms with Crippen LogP contribution in [0.3, 0.4) is 0 Å². The van der Waals surface area contributed by atoms with Crippen LogP contribution in [0, 0.1) is 19.2 Å². The second kappa shape index (κ2) is 2.27. The summed E-state index contributed by atoms with van der Waals surface area (Å²) < 4.78 is 0. The zero-order valence-electron chi connectivity index (χ0n) is 6.38. The lowest BCUT2D eigenvalue weighted by atomic mass is 10.3. The van der Waals surface area contributed by atoms with Gasteiger partial charge in [-0.05, 0) is 19.9 Å². The Morgan fingerprint density at radius 1 is 1.36 bits per heavy atom. The lowest BCUT2D eigenvalue weighted by Gasteiger charge is -1.95. The van der Waals surface area contributed by atoms with Gasteiger partial charge in [-0.3, -0.25) is 0 Å². The first-order valence-corrected chi connectivity index (χ1v) is 4.20. The maximum Gasteiger partial charge on any atom is 0.127 e. The SMILES string of the molecule is Cc1nc(C)c2c[c]sc2n1. The molecule has 0 bridgehead atoms. The van der Waals surface area contributed by atoms with Crippen molar-refractivity contribution in [3.63, 3.8) is 0 Å². The van der Waals surface area contributed by atoms with Crippen molar-refractivity contribution in [3.8, 4) is 0 Å². The summed E-state index contributed by atoms with van der Waals surface area (Å²) in [6.45, 7) is 3.91. The number of rotatable bonds is 0. The van der Waals surface area contributed by atoms with Crippen molar-refractivity contribution < 1.29 is 0 Å². The highest BCUT2D eigenvalue weighted by Crippen LogP contribution is 2.19. The van der Waals surface area contributed by atoms with Gasteiger partial charge in [0, 0.05) is 16.5 Å². The topological polar surface area (TPSA) is 25.8 Å². The third-order valence-electron chi connectivity index (χ3n) is 1.57. The van der Waals surface area contributed by atoms with Gasteiger partial charge in [0.1, 0.15) is 10.7 Å². The van der Waals surface area contributed by atoms with Gasteiger partial charge in [0.15, 0.2) is 0 Å². The van der Waals surface area contributed by atoms with E-state index < -0.39 is 0 Å². The Kier molecular flexibility index (Phi) is 1.39. The molecule has 0 aromatic carbocycles. The van der Waals surface area contributed by atoms with E-state index in [2.05, 4.69) is 15.3 Å². The fraction of sp³-hybridized carbons (Fsp3) is 0.250. The molecule has 2 nitrogen and oxygen atoms in total. The molecule has 1 radical (unpaired) electrons. The van der Waals surface area contributed by atoms with Crippen molar-refractivity contribution in [2.75, 3.05) is 0 Å². The molecule has 2 heterocycles. The summed E-state index contributed by atoms with van der Waals surface area (Å²) in [6, 6.07) is 1.94. The first-order valence-electron chi connectivity index (χ1n) is 3.38. The van der Waals surface area contributed by atoms with Crippen molar-refractivity contribution in [3.05, 3.63) is 23.0 Å². The predicted octanol–water partition coefficient (Wildman–Crippen LogP) is 2.11. The lowest BCUT2D eigenvalue weighted by Crippen LogP contribution is -1.89. The van der Waals surface area contributed by atoms with Gasteiger partial charge >= 0.3 is 0 Å². The highest BCUT2D eigenvalue weighted by atomic mass is 32.1. The van der Waals surface area contributed by atoms with E-state index in [-0.39, 0.29) is 0 Å². The summed E-state index contributed by atoms with van der Waals surface area (Å²) in [5.74, 6) is 0.839. The molecule has 0 fully saturated rings. The number of thiophene rings is 1. The smallest absolute Gasteiger partial charge is 0.127 e. The van der Waals surface area contributed by atoms with Gasteiger partial charge in [-0.15, -0.1) is 11.3 Å². The largest absolute Gasteiger partial charge is 0.238 e. The summed E-state index contributed by atoms with van der Waals surface area (Å²) >= 11 is 1.54. The summed E-state index contributed by atoms with van der Waals surface area (Å²) in [4.78, 5) is 9.56. The standard InChI is InChI=1S/C8H7N2S/c1-5-7-3-4-11-8(7)10-6(2)9-5/h3H,1-2H3. The molecular formula is C8H7N2S. The van der Waals surface area contributed by atoms with Crippen LogP contribution in [0.2, 0.25) is 0 Å². The minimum Gasteiger partial charge on any atom is -0.238 e. The zero-order chi connectivity index (χ0) is 7.84. The van der Waals surface area contributed by atoms with Gasteiger partial charge in [-0.2, -0.15) is 0 Å². The Morgan fingerprint density at radius 3 is 3.00 bits per heavy atom. The first-order chi connectivity index (χ1) is 5.27. The van der Waals surface area contributed by atoms with Crippen LogP contribution in [0.1, 0.15) is 11.5 Å². The molecule has 55 valence electrons. The molecule has 0 saturated carbocycles. The monoisotopic (exact) mass is 163 g/mol. The minimum absolute atomic E-state index is 0.839. The number of nitrogens with zero attached hydrogens (tertiary/aromatic N) is 2. The molecule has 0 atom stereocenters. The summed E-state index contributed by atoms with van der Waals surface area (Å²) in [5, 5.41) is 4.17. The Labute approximate surface area is 68.9 Å². The van der Waals surface area contributed by atoms with Gasteiger partial charge in [0.05, 0.1) is 0 Å². The van der Waals surface area contributed by atoms with Gasteiger partial charge < -0.3 is 0 Å². The van der Waals surface area contributed by atoms with Crippen LogP contribution in [0.25, 0.3) is 10.2 Å². The molecule has 0 amide bonds. The molecule has 0 saturated heterocycles. The average molecular weight is 163 g/mol. The summed E-state index contributed by atoms with van der Waals surface area (Å²) in [6.07, 6.45) is 0. The predicted molar refractivity (Wildman–Crippen MR) is 45.7 cm³/mol. The molecule has 2 rings (SSSR count). The van der Waals surface area contributed by atoms with Gasteiger partial charge in [-0.1, -0.05) is 0 Å². The molecule has 0 spiro atoms. The zero-order valence-corrected chi connectivity index (χ0v) is 7.20. The van der Waals surface area contributed by atoms with Crippen molar-refractivity contribution in [1.82, 2.24) is 9.97 Å². The molecule has 0 unspecified atom stereocenters. The second-order valence-corrected chi connectivity index (χ2v) is 3.27. The Bertz CT molecular complexity index is 392. The third-order valence-corrected chi connectivity index (χ3v) is 2.31. The first kappa shape index (κ1) is 6.73. The number of hydrogen-bond donors (Lipinski definition) is 0. The Hall–Kier alpha value is -0.960.